The molecule has 0 radical (unpaired) electrons. The fourth-order valence-corrected chi connectivity index (χ4v) is 3.70. The van der Waals surface area contributed by atoms with Crippen molar-refractivity contribution in [2.75, 3.05) is 20.7 Å². The highest BCUT2D eigenvalue weighted by Gasteiger charge is 2.18. The van der Waals surface area contributed by atoms with Gasteiger partial charge in [-0.15, -0.1) is 0 Å². The van der Waals surface area contributed by atoms with E-state index in [1.807, 2.05) is 12.1 Å². The van der Waals surface area contributed by atoms with Crippen LogP contribution in [0.2, 0.25) is 0 Å². The standard InChI is InChI=1S/C25H24FN5O4/c1-27-24(34)22-18-8-5-15(12-20(18)30-31-22)16-11-19(25(35-2)29-13-16)23(33)28-10-9-21(32)14-3-6-17(26)7-4-14/h3-8,11-13,21,32H,9-10H2,1-2H3,(H,27,34)(H,28,33)(H,30,31). The summed E-state index contributed by atoms with van der Waals surface area (Å²) in [6, 6.07) is 12.6. The number of aliphatic hydroxyl groups is 1. The maximum Gasteiger partial charge on any atom is 0.272 e. The molecule has 2 aromatic heterocycles. The highest BCUT2D eigenvalue weighted by molar-refractivity contribution is 6.05. The van der Waals surface area contributed by atoms with Crippen molar-refractivity contribution in [2.24, 2.45) is 0 Å². The molecule has 0 fully saturated rings. The highest BCUT2D eigenvalue weighted by atomic mass is 19.1. The van der Waals surface area contributed by atoms with Crippen LogP contribution in [0.25, 0.3) is 22.0 Å². The number of carbonyl (C=O) groups excluding carboxylic acids is 2. The van der Waals surface area contributed by atoms with Gasteiger partial charge in [0.2, 0.25) is 5.88 Å². The van der Waals surface area contributed by atoms with Crippen molar-refractivity contribution < 1.29 is 23.8 Å². The number of halogens is 1. The molecule has 2 heterocycles. The molecular formula is C25H24FN5O4. The summed E-state index contributed by atoms with van der Waals surface area (Å²) in [6.07, 6.45) is 0.991. The molecule has 180 valence electrons. The molecule has 0 spiro atoms. The van der Waals surface area contributed by atoms with E-state index in [4.69, 9.17) is 4.74 Å². The second kappa shape index (κ2) is 10.3. The van der Waals surface area contributed by atoms with Gasteiger partial charge in [0.1, 0.15) is 11.4 Å². The number of amides is 2. The largest absolute Gasteiger partial charge is 0.480 e. The molecule has 0 saturated carbocycles. The van der Waals surface area contributed by atoms with E-state index in [1.54, 1.807) is 18.3 Å². The number of ether oxygens (including phenoxy) is 1. The predicted octanol–water partition coefficient (Wildman–Crippen LogP) is 2.99. The first-order valence-electron chi connectivity index (χ1n) is 10.9. The normalized spacial score (nSPS) is 11.8. The highest BCUT2D eigenvalue weighted by Crippen LogP contribution is 2.28. The van der Waals surface area contributed by atoms with E-state index in [0.717, 1.165) is 5.56 Å². The molecule has 0 aliphatic heterocycles. The van der Waals surface area contributed by atoms with Gasteiger partial charge in [0.15, 0.2) is 5.69 Å². The zero-order valence-electron chi connectivity index (χ0n) is 19.1. The van der Waals surface area contributed by atoms with Gasteiger partial charge in [-0.1, -0.05) is 18.2 Å². The average molecular weight is 477 g/mol. The van der Waals surface area contributed by atoms with Gasteiger partial charge in [0.05, 0.1) is 18.7 Å². The number of fused-ring (bicyclic) bond motifs is 1. The minimum Gasteiger partial charge on any atom is -0.480 e. The lowest BCUT2D eigenvalue weighted by Crippen LogP contribution is -2.26. The fraction of sp³-hybridized carbons (Fsp3) is 0.200. The summed E-state index contributed by atoms with van der Waals surface area (Å²) in [5.74, 6) is -0.923. The summed E-state index contributed by atoms with van der Waals surface area (Å²) >= 11 is 0. The Morgan fingerprint density at radius 2 is 1.89 bits per heavy atom. The molecule has 35 heavy (non-hydrogen) atoms. The lowest BCUT2D eigenvalue weighted by molar-refractivity contribution is 0.0935. The summed E-state index contributed by atoms with van der Waals surface area (Å²) in [5.41, 5.74) is 3.19. The van der Waals surface area contributed by atoms with Crippen molar-refractivity contribution in [1.82, 2.24) is 25.8 Å². The van der Waals surface area contributed by atoms with Gasteiger partial charge in [0.25, 0.3) is 11.8 Å². The minimum atomic E-state index is -0.844. The first kappa shape index (κ1) is 23.8. The molecule has 4 N–H and O–H groups in total. The number of nitrogens with one attached hydrogen (secondary N) is 3. The van der Waals surface area contributed by atoms with E-state index in [0.29, 0.717) is 27.7 Å². The Morgan fingerprint density at radius 3 is 2.60 bits per heavy atom. The Balaban J connectivity index is 1.50. The number of H-pyrrole nitrogens is 1. The summed E-state index contributed by atoms with van der Waals surface area (Å²) in [5, 5.41) is 23.2. The monoisotopic (exact) mass is 477 g/mol. The number of aliphatic hydroxyl groups excluding tert-OH is 1. The number of hydrogen-bond acceptors (Lipinski definition) is 6. The van der Waals surface area contributed by atoms with Crippen LogP contribution in [0.3, 0.4) is 0 Å². The Kier molecular flexibility index (Phi) is 7.02. The van der Waals surface area contributed by atoms with Gasteiger partial charge in [0, 0.05) is 30.7 Å². The number of benzene rings is 2. The van der Waals surface area contributed by atoms with Crippen molar-refractivity contribution >= 4 is 22.7 Å². The van der Waals surface area contributed by atoms with Gasteiger partial charge >= 0.3 is 0 Å². The molecule has 0 aliphatic carbocycles. The molecule has 0 saturated heterocycles. The van der Waals surface area contributed by atoms with Gasteiger partial charge in [-0.2, -0.15) is 5.10 Å². The molecule has 0 aliphatic rings. The molecule has 4 rings (SSSR count). The number of methoxy groups -OCH3 is 1. The number of pyridine rings is 1. The minimum absolute atomic E-state index is 0.162. The summed E-state index contributed by atoms with van der Waals surface area (Å²) in [4.78, 5) is 29.1. The van der Waals surface area contributed by atoms with Crippen molar-refractivity contribution in [3.8, 4) is 17.0 Å². The van der Waals surface area contributed by atoms with Crippen LogP contribution < -0.4 is 15.4 Å². The molecule has 10 heteroatoms. The van der Waals surface area contributed by atoms with Gasteiger partial charge < -0.3 is 20.5 Å². The number of carbonyl (C=O) groups is 2. The third-order valence-electron chi connectivity index (χ3n) is 5.59. The topological polar surface area (TPSA) is 129 Å². The summed E-state index contributed by atoms with van der Waals surface area (Å²) in [6.45, 7) is 0.188. The Morgan fingerprint density at radius 1 is 1.11 bits per heavy atom. The average Bonchev–Trinajstić information content (AvgIpc) is 3.31. The van der Waals surface area contributed by atoms with Gasteiger partial charge in [-0.3, -0.25) is 14.7 Å². The summed E-state index contributed by atoms with van der Waals surface area (Å²) < 4.78 is 18.3. The van der Waals surface area contributed by atoms with Crippen molar-refractivity contribution in [1.29, 1.82) is 0 Å². The quantitative estimate of drug-likeness (QED) is 0.309. The molecule has 4 aromatic rings. The number of aromatic amines is 1. The SMILES string of the molecule is CNC(=O)c1n[nH]c2cc(-c3cnc(OC)c(C(=O)NCCC(O)c4ccc(F)cc4)c3)ccc12. The maximum atomic E-state index is 13.1. The third-order valence-corrected chi connectivity index (χ3v) is 5.59. The zero-order valence-corrected chi connectivity index (χ0v) is 19.1. The smallest absolute Gasteiger partial charge is 0.272 e. The Labute approximate surface area is 200 Å². The summed E-state index contributed by atoms with van der Waals surface area (Å²) in [7, 11) is 2.96. The zero-order chi connectivity index (χ0) is 24.9. The van der Waals surface area contributed by atoms with Crippen molar-refractivity contribution in [3.63, 3.8) is 0 Å². The molecule has 1 atom stereocenters. The van der Waals surface area contributed by atoms with Crippen LogP contribution in [0.15, 0.2) is 54.7 Å². The van der Waals surface area contributed by atoms with E-state index in [-0.39, 0.29) is 36.1 Å². The van der Waals surface area contributed by atoms with Crippen LogP contribution in [0.4, 0.5) is 4.39 Å². The van der Waals surface area contributed by atoms with Crippen LogP contribution in [0.1, 0.15) is 38.9 Å². The van der Waals surface area contributed by atoms with Crippen LogP contribution >= 0.6 is 0 Å². The molecule has 2 amide bonds. The van der Waals surface area contributed by atoms with Gasteiger partial charge in [-0.05, 0) is 47.9 Å². The second-order valence-corrected chi connectivity index (χ2v) is 7.80. The third kappa shape index (κ3) is 5.12. The molecule has 0 bridgehead atoms. The van der Waals surface area contributed by atoms with E-state index in [1.165, 1.54) is 38.4 Å². The maximum absolute atomic E-state index is 13.1. The molecule has 1 unspecified atom stereocenters. The first-order chi connectivity index (χ1) is 16.9. The van der Waals surface area contributed by atoms with Crippen LogP contribution in [0, 0.1) is 5.82 Å². The van der Waals surface area contributed by atoms with E-state index < -0.39 is 12.0 Å². The van der Waals surface area contributed by atoms with E-state index in [2.05, 4.69) is 25.8 Å². The number of nitrogens with zero attached hydrogens (tertiary/aromatic N) is 2. The Bertz CT molecular complexity index is 1370. The lowest BCUT2D eigenvalue weighted by Gasteiger charge is -2.13. The number of rotatable bonds is 8. The van der Waals surface area contributed by atoms with Crippen molar-refractivity contribution in [2.45, 2.75) is 12.5 Å². The predicted molar refractivity (Wildman–Crippen MR) is 128 cm³/mol. The van der Waals surface area contributed by atoms with Crippen LogP contribution in [-0.4, -0.2) is 52.8 Å². The van der Waals surface area contributed by atoms with Crippen molar-refractivity contribution in [3.05, 3.63) is 77.4 Å². The lowest BCUT2D eigenvalue weighted by atomic mass is 10.0. The van der Waals surface area contributed by atoms with Crippen LogP contribution in [-0.2, 0) is 0 Å². The van der Waals surface area contributed by atoms with E-state index >= 15 is 0 Å². The fourth-order valence-electron chi connectivity index (χ4n) is 3.70. The first-order valence-corrected chi connectivity index (χ1v) is 10.9. The number of aromatic nitrogens is 3. The molecule has 9 nitrogen and oxygen atoms in total. The Hall–Kier alpha value is -4.31. The van der Waals surface area contributed by atoms with E-state index in [9.17, 15) is 19.1 Å². The van der Waals surface area contributed by atoms with Crippen LogP contribution in [0.5, 0.6) is 5.88 Å². The second-order valence-electron chi connectivity index (χ2n) is 7.80. The van der Waals surface area contributed by atoms with Gasteiger partial charge in [-0.25, -0.2) is 9.37 Å². The molecular weight excluding hydrogens is 453 g/mol. The molecule has 2 aromatic carbocycles. The number of hydrogen-bond donors (Lipinski definition) is 4.